The van der Waals surface area contributed by atoms with Gasteiger partial charge in [-0.1, -0.05) is 24.4 Å². The van der Waals surface area contributed by atoms with E-state index in [4.69, 9.17) is 11.6 Å². The average Bonchev–Trinajstić information content (AvgIpc) is 2.71. The number of hydrogen-bond donors (Lipinski definition) is 1. The van der Waals surface area contributed by atoms with E-state index in [0.717, 1.165) is 9.13 Å². The van der Waals surface area contributed by atoms with Crippen LogP contribution in [0.4, 0.5) is 5.69 Å². The summed E-state index contributed by atoms with van der Waals surface area (Å²) in [6.07, 6.45) is 7.05. The maximum atomic E-state index is 6.02. The molecule has 0 atom stereocenters. The largest absolute Gasteiger partial charge is 0.381 e. The van der Waals surface area contributed by atoms with E-state index >= 15 is 0 Å². The lowest BCUT2D eigenvalue weighted by Gasteiger charge is -2.17. The van der Waals surface area contributed by atoms with E-state index in [1.807, 2.05) is 13.1 Å². The zero-order valence-electron chi connectivity index (χ0n) is 8.69. The Morgan fingerprint density at radius 1 is 1.47 bits per heavy atom. The van der Waals surface area contributed by atoms with Crippen LogP contribution >= 0.6 is 34.2 Å². The van der Waals surface area contributed by atoms with Crippen LogP contribution in [0.3, 0.4) is 0 Å². The first-order valence-corrected chi connectivity index (χ1v) is 6.71. The first-order chi connectivity index (χ1) is 7.18. The molecular formula is C11H14ClIN2. The van der Waals surface area contributed by atoms with Gasteiger partial charge in [0.05, 0.1) is 9.26 Å². The van der Waals surface area contributed by atoms with Gasteiger partial charge in [-0.05, 0) is 42.4 Å². The van der Waals surface area contributed by atoms with E-state index in [1.54, 1.807) is 0 Å². The average molecular weight is 337 g/mol. The molecule has 0 aliphatic heterocycles. The molecule has 0 spiro atoms. The summed E-state index contributed by atoms with van der Waals surface area (Å²) in [5, 5.41) is 4.19. The summed E-state index contributed by atoms with van der Waals surface area (Å²) in [5.74, 6) is 0. The van der Waals surface area contributed by atoms with Crippen molar-refractivity contribution < 1.29 is 0 Å². The molecular weight excluding hydrogens is 322 g/mol. The molecule has 1 aromatic heterocycles. The minimum Gasteiger partial charge on any atom is -0.381 e. The van der Waals surface area contributed by atoms with Crippen molar-refractivity contribution in [2.45, 2.75) is 38.6 Å². The van der Waals surface area contributed by atoms with E-state index < -0.39 is 0 Å². The summed E-state index contributed by atoms with van der Waals surface area (Å²) in [7, 11) is 0. The van der Waals surface area contributed by atoms with E-state index in [-0.39, 0.29) is 0 Å². The fourth-order valence-corrected chi connectivity index (χ4v) is 2.85. The molecule has 0 saturated heterocycles. The van der Waals surface area contributed by atoms with E-state index in [2.05, 4.69) is 32.9 Å². The molecule has 1 aliphatic carbocycles. The van der Waals surface area contributed by atoms with Gasteiger partial charge in [0.25, 0.3) is 0 Å². The minimum atomic E-state index is 0.607. The number of nitrogens with zero attached hydrogens (tertiary/aromatic N) is 1. The Balaban J connectivity index is 2.22. The van der Waals surface area contributed by atoms with Crippen LogP contribution in [-0.4, -0.2) is 11.0 Å². The highest BCUT2D eigenvalue weighted by Gasteiger charge is 2.17. The van der Waals surface area contributed by atoms with Crippen molar-refractivity contribution in [3.63, 3.8) is 0 Å². The van der Waals surface area contributed by atoms with Crippen LogP contribution < -0.4 is 5.32 Å². The monoisotopic (exact) mass is 336 g/mol. The molecule has 0 bridgehead atoms. The Labute approximate surface area is 109 Å². The summed E-state index contributed by atoms with van der Waals surface area (Å²) < 4.78 is 1.15. The first kappa shape index (κ1) is 11.5. The minimum absolute atomic E-state index is 0.607. The van der Waals surface area contributed by atoms with Gasteiger partial charge in [-0.2, -0.15) is 0 Å². The molecule has 2 rings (SSSR count). The Morgan fingerprint density at radius 2 is 2.13 bits per heavy atom. The number of aromatic nitrogens is 1. The molecule has 82 valence electrons. The summed E-state index contributed by atoms with van der Waals surface area (Å²) >= 11 is 8.32. The Morgan fingerprint density at radius 3 is 2.80 bits per heavy atom. The van der Waals surface area contributed by atoms with Crippen molar-refractivity contribution in [3.8, 4) is 0 Å². The van der Waals surface area contributed by atoms with E-state index in [1.165, 1.54) is 31.4 Å². The van der Waals surface area contributed by atoms with Crippen LogP contribution in [-0.2, 0) is 0 Å². The summed E-state index contributed by atoms with van der Waals surface area (Å²) in [6.45, 7) is 2.02. The lowest BCUT2D eigenvalue weighted by molar-refractivity contribution is 0.753. The number of pyridine rings is 1. The van der Waals surface area contributed by atoms with Crippen LogP contribution in [0.1, 0.15) is 31.2 Å². The molecule has 1 saturated carbocycles. The van der Waals surface area contributed by atoms with Crippen LogP contribution in [0.5, 0.6) is 0 Å². The highest BCUT2D eigenvalue weighted by Crippen LogP contribution is 2.30. The van der Waals surface area contributed by atoms with Gasteiger partial charge in [-0.3, -0.25) is 0 Å². The van der Waals surface area contributed by atoms with Crippen LogP contribution in [0.2, 0.25) is 5.15 Å². The number of halogens is 2. The van der Waals surface area contributed by atoms with Crippen molar-refractivity contribution in [3.05, 3.63) is 20.5 Å². The number of nitrogens with one attached hydrogen (secondary N) is 1. The van der Waals surface area contributed by atoms with Crippen molar-refractivity contribution in [1.29, 1.82) is 0 Å². The Hall–Kier alpha value is -0.0300. The summed E-state index contributed by atoms with van der Waals surface area (Å²) in [5.41, 5.74) is 2.23. The maximum absolute atomic E-state index is 6.02. The van der Waals surface area contributed by atoms with Gasteiger partial charge in [-0.15, -0.1) is 0 Å². The fraction of sp³-hybridized carbons (Fsp3) is 0.545. The van der Waals surface area contributed by atoms with Gasteiger partial charge in [0.2, 0.25) is 0 Å². The lowest BCUT2D eigenvalue weighted by Crippen LogP contribution is -2.16. The van der Waals surface area contributed by atoms with Crippen LogP contribution in [0.15, 0.2) is 6.20 Å². The molecule has 15 heavy (non-hydrogen) atoms. The third-order valence-electron chi connectivity index (χ3n) is 2.92. The second-order valence-electron chi connectivity index (χ2n) is 4.02. The predicted octanol–water partition coefficient (Wildman–Crippen LogP) is 4.00. The second kappa shape index (κ2) is 4.87. The molecule has 1 aromatic rings. The van der Waals surface area contributed by atoms with Crippen molar-refractivity contribution in [1.82, 2.24) is 4.98 Å². The quantitative estimate of drug-likeness (QED) is 0.652. The lowest BCUT2D eigenvalue weighted by atomic mass is 10.2. The number of hydrogen-bond acceptors (Lipinski definition) is 2. The van der Waals surface area contributed by atoms with Crippen LogP contribution in [0.25, 0.3) is 0 Å². The fourth-order valence-electron chi connectivity index (χ4n) is 2.01. The highest BCUT2D eigenvalue weighted by atomic mass is 127. The molecule has 1 aliphatic rings. The third kappa shape index (κ3) is 2.56. The molecule has 2 nitrogen and oxygen atoms in total. The van der Waals surface area contributed by atoms with Crippen molar-refractivity contribution >= 4 is 39.9 Å². The topological polar surface area (TPSA) is 24.9 Å². The van der Waals surface area contributed by atoms with Crippen LogP contribution in [0, 0.1) is 10.5 Å². The summed E-state index contributed by atoms with van der Waals surface area (Å²) in [4.78, 5) is 4.13. The normalized spacial score (nSPS) is 17.0. The molecule has 0 aromatic carbocycles. The molecule has 1 fully saturated rings. The second-order valence-corrected chi connectivity index (χ2v) is 5.54. The SMILES string of the molecule is Cc1c(Cl)ncc(I)c1NC1CCCC1. The first-order valence-electron chi connectivity index (χ1n) is 5.25. The standard InChI is InChI=1S/C11H14ClIN2/c1-7-10(9(13)6-14-11(7)12)15-8-4-2-3-5-8/h6,8H,2-5H2,1H3,(H,14,15). The van der Waals surface area contributed by atoms with Crippen molar-refractivity contribution in [2.75, 3.05) is 5.32 Å². The van der Waals surface area contributed by atoms with Gasteiger partial charge in [0.1, 0.15) is 5.15 Å². The smallest absolute Gasteiger partial charge is 0.134 e. The molecule has 0 radical (unpaired) electrons. The maximum Gasteiger partial charge on any atom is 0.134 e. The Bertz CT molecular complexity index is 362. The Kier molecular flexibility index (Phi) is 3.72. The van der Waals surface area contributed by atoms with Gasteiger partial charge < -0.3 is 5.32 Å². The van der Waals surface area contributed by atoms with Gasteiger partial charge in [-0.25, -0.2) is 4.98 Å². The molecule has 0 unspecified atom stereocenters. The van der Waals surface area contributed by atoms with E-state index in [0.29, 0.717) is 11.2 Å². The number of anilines is 1. The molecule has 1 N–H and O–H groups in total. The molecule has 1 heterocycles. The zero-order chi connectivity index (χ0) is 10.8. The predicted molar refractivity (Wildman–Crippen MR) is 72.6 cm³/mol. The van der Waals surface area contributed by atoms with E-state index in [9.17, 15) is 0 Å². The molecule has 4 heteroatoms. The van der Waals surface area contributed by atoms with Gasteiger partial charge in [0.15, 0.2) is 0 Å². The number of rotatable bonds is 2. The molecule has 0 amide bonds. The summed E-state index contributed by atoms with van der Waals surface area (Å²) in [6, 6.07) is 0.621. The van der Waals surface area contributed by atoms with Gasteiger partial charge in [0, 0.05) is 17.8 Å². The van der Waals surface area contributed by atoms with Crippen molar-refractivity contribution in [2.24, 2.45) is 0 Å². The highest BCUT2D eigenvalue weighted by molar-refractivity contribution is 14.1. The third-order valence-corrected chi connectivity index (χ3v) is 4.12. The zero-order valence-corrected chi connectivity index (χ0v) is 11.6. The van der Waals surface area contributed by atoms with Gasteiger partial charge >= 0.3 is 0 Å².